The number of thiophene rings is 1. The number of nitrogens with zero attached hydrogens (tertiary/aromatic N) is 1. The van der Waals surface area contributed by atoms with Crippen molar-refractivity contribution in [2.75, 3.05) is 19.6 Å². The van der Waals surface area contributed by atoms with Crippen LogP contribution >= 0.6 is 27.3 Å². The Labute approximate surface area is 104 Å². The molecule has 2 N–H and O–H groups in total. The van der Waals surface area contributed by atoms with Gasteiger partial charge in [0.15, 0.2) is 0 Å². The zero-order valence-electron chi connectivity index (χ0n) is 8.79. The summed E-state index contributed by atoms with van der Waals surface area (Å²) >= 11 is 5.33. The molecule has 2 nitrogen and oxygen atoms in total. The van der Waals surface area contributed by atoms with E-state index in [4.69, 9.17) is 5.73 Å². The van der Waals surface area contributed by atoms with Crippen molar-refractivity contribution < 1.29 is 0 Å². The highest BCUT2D eigenvalue weighted by atomic mass is 79.9. The summed E-state index contributed by atoms with van der Waals surface area (Å²) in [6.07, 6.45) is 2.61. The van der Waals surface area contributed by atoms with E-state index in [1.54, 1.807) is 0 Å². The molecule has 2 heterocycles. The average molecular weight is 289 g/mol. The predicted octanol–water partition coefficient (Wildman–Crippen LogP) is 2.68. The molecule has 0 saturated carbocycles. The van der Waals surface area contributed by atoms with Gasteiger partial charge in [-0.3, -0.25) is 4.90 Å². The van der Waals surface area contributed by atoms with Gasteiger partial charge in [-0.05, 0) is 53.8 Å². The Morgan fingerprint density at radius 1 is 1.60 bits per heavy atom. The smallest absolute Gasteiger partial charge is 0.0328 e. The molecular weight excluding hydrogens is 272 g/mol. The van der Waals surface area contributed by atoms with Gasteiger partial charge in [0.1, 0.15) is 0 Å². The largest absolute Gasteiger partial charge is 0.330 e. The van der Waals surface area contributed by atoms with E-state index in [1.165, 1.54) is 35.3 Å². The van der Waals surface area contributed by atoms with Crippen LogP contribution in [-0.4, -0.2) is 24.5 Å². The fourth-order valence-corrected chi connectivity index (χ4v) is 3.64. The molecule has 1 saturated heterocycles. The molecule has 1 aromatic rings. The summed E-state index contributed by atoms with van der Waals surface area (Å²) in [6, 6.07) is 2.22. The summed E-state index contributed by atoms with van der Waals surface area (Å²) in [6.45, 7) is 4.33. The topological polar surface area (TPSA) is 29.3 Å². The summed E-state index contributed by atoms with van der Waals surface area (Å²) in [7, 11) is 0. The Kier molecular flexibility index (Phi) is 4.20. The van der Waals surface area contributed by atoms with E-state index in [0.29, 0.717) is 5.92 Å². The molecule has 0 aliphatic carbocycles. The minimum atomic E-state index is 0.710. The molecule has 4 heteroatoms. The third-order valence-electron chi connectivity index (χ3n) is 2.94. The van der Waals surface area contributed by atoms with E-state index in [1.807, 2.05) is 11.3 Å². The lowest BCUT2D eigenvalue weighted by Gasteiger charge is -2.31. The first-order valence-electron chi connectivity index (χ1n) is 5.43. The van der Waals surface area contributed by atoms with Gasteiger partial charge in [0, 0.05) is 27.8 Å². The fourth-order valence-electron chi connectivity index (χ4n) is 2.14. The molecule has 1 unspecified atom stereocenters. The minimum absolute atomic E-state index is 0.710. The predicted molar refractivity (Wildman–Crippen MR) is 69.1 cm³/mol. The van der Waals surface area contributed by atoms with Crippen LogP contribution < -0.4 is 5.73 Å². The molecule has 1 fully saturated rings. The Morgan fingerprint density at radius 2 is 2.47 bits per heavy atom. The zero-order valence-corrected chi connectivity index (χ0v) is 11.2. The maximum absolute atomic E-state index is 5.73. The van der Waals surface area contributed by atoms with Crippen LogP contribution in [0.15, 0.2) is 15.9 Å². The molecule has 0 bridgehead atoms. The number of hydrogen-bond donors (Lipinski definition) is 1. The number of likely N-dealkylation sites (tertiary alicyclic amines) is 1. The molecule has 1 aliphatic heterocycles. The van der Waals surface area contributed by atoms with Gasteiger partial charge >= 0.3 is 0 Å². The van der Waals surface area contributed by atoms with Crippen LogP contribution in [0.25, 0.3) is 0 Å². The van der Waals surface area contributed by atoms with Gasteiger partial charge in [0.2, 0.25) is 0 Å². The molecule has 0 aromatic carbocycles. The molecule has 0 amide bonds. The van der Waals surface area contributed by atoms with Crippen LogP contribution in [0, 0.1) is 5.92 Å². The third-order valence-corrected chi connectivity index (χ3v) is 4.62. The van der Waals surface area contributed by atoms with E-state index < -0.39 is 0 Å². The average Bonchev–Trinajstić information content (AvgIpc) is 2.64. The summed E-state index contributed by atoms with van der Waals surface area (Å²) in [4.78, 5) is 3.97. The third kappa shape index (κ3) is 3.28. The molecule has 84 valence electrons. The summed E-state index contributed by atoms with van der Waals surface area (Å²) < 4.78 is 1.20. The van der Waals surface area contributed by atoms with Crippen LogP contribution in [-0.2, 0) is 6.54 Å². The highest BCUT2D eigenvalue weighted by Gasteiger charge is 2.18. The number of hydrogen-bond acceptors (Lipinski definition) is 3. The Morgan fingerprint density at radius 3 is 3.13 bits per heavy atom. The first kappa shape index (κ1) is 11.6. The standard InChI is InChI=1S/C11H17BrN2S/c12-10-4-11(15-8-10)7-14-3-1-2-9(5-13)6-14/h4,8-9H,1-3,5-7,13H2. The molecule has 1 aliphatic rings. The second-order valence-electron chi connectivity index (χ2n) is 4.21. The van der Waals surface area contributed by atoms with Gasteiger partial charge < -0.3 is 5.73 Å². The second-order valence-corrected chi connectivity index (χ2v) is 6.12. The molecule has 0 radical (unpaired) electrons. The van der Waals surface area contributed by atoms with E-state index >= 15 is 0 Å². The summed E-state index contributed by atoms with van der Waals surface area (Å²) in [5.41, 5.74) is 5.73. The van der Waals surface area contributed by atoms with E-state index in [0.717, 1.165) is 13.1 Å². The SMILES string of the molecule is NCC1CCCN(Cc2cc(Br)cs2)C1. The zero-order chi connectivity index (χ0) is 10.7. The van der Waals surface area contributed by atoms with E-state index in [2.05, 4.69) is 32.3 Å². The molecule has 1 aromatic heterocycles. The van der Waals surface area contributed by atoms with Crippen molar-refractivity contribution >= 4 is 27.3 Å². The minimum Gasteiger partial charge on any atom is -0.330 e. The highest BCUT2D eigenvalue weighted by molar-refractivity contribution is 9.10. The monoisotopic (exact) mass is 288 g/mol. The van der Waals surface area contributed by atoms with Crippen molar-refractivity contribution in [1.82, 2.24) is 4.90 Å². The van der Waals surface area contributed by atoms with Crippen LogP contribution in [0.1, 0.15) is 17.7 Å². The van der Waals surface area contributed by atoms with Crippen LogP contribution in [0.5, 0.6) is 0 Å². The Bertz CT molecular complexity index is 313. The first-order chi connectivity index (χ1) is 7.28. The number of piperidine rings is 1. The van der Waals surface area contributed by atoms with Crippen LogP contribution in [0.2, 0.25) is 0 Å². The van der Waals surface area contributed by atoms with Crippen LogP contribution in [0.3, 0.4) is 0 Å². The van der Waals surface area contributed by atoms with Crippen molar-refractivity contribution in [2.24, 2.45) is 11.7 Å². The van der Waals surface area contributed by atoms with Gasteiger partial charge in [0.25, 0.3) is 0 Å². The quantitative estimate of drug-likeness (QED) is 0.927. The first-order valence-corrected chi connectivity index (χ1v) is 7.10. The lowest BCUT2D eigenvalue weighted by molar-refractivity contribution is 0.172. The maximum atomic E-state index is 5.73. The van der Waals surface area contributed by atoms with Crippen LogP contribution in [0.4, 0.5) is 0 Å². The molecule has 1 atom stereocenters. The maximum Gasteiger partial charge on any atom is 0.0328 e. The molecular formula is C11H17BrN2S. The Balaban J connectivity index is 1.88. The highest BCUT2D eigenvalue weighted by Crippen LogP contribution is 2.23. The molecule has 0 spiro atoms. The van der Waals surface area contributed by atoms with E-state index in [9.17, 15) is 0 Å². The summed E-state index contributed by atoms with van der Waals surface area (Å²) in [5, 5.41) is 2.15. The lowest BCUT2D eigenvalue weighted by atomic mass is 9.98. The fraction of sp³-hybridized carbons (Fsp3) is 0.636. The summed E-state index contributed by atoms with van der Waals surface area (Å²) in [5.74, 6) is 0.710. The van der Waals surface area contributed by atoms with Gasteiger partial charge in [-0.15, -0.1) is 11.3 Å². The molecule has 15 heavy (non-hydrogen) atoms. The second kappa shape index (κ2) is 5.43. The van der Waals surface area contributed by atoms with Crippen molar-refractivity contribution in [3.05, 3.63) is 20.8 Å². The molecule has 2 rings (SSSR count). The van der Waals surface area contributed by atoms with Gasteiger partial charge in [0.05, 0.1) is 0 Å². The lowest BCUT2D eigenvalue weighted by Crippen LogP contribution is -2.37. The number of nitrogens with two attached hydrogens (primary N) is 1. The van der Waals surface area contributed by atoms with Crippen molar-refractivity contribution in [3.63, 3.8) is 0 Å². The number of rotatable bonds is 3. The van der Waals surface area contributed by atoms with E-state index in [-0.39, 0.29) is 0 Å². The van der Waals surface area contributed by atoms with Crippen molar-refractivity contribution in [1.29, 1.82) is 0 Å². The normalized spacial score (nSPS) is 23.2. The Hall–Kier alpha value is 0.1000. The van der Waals surface area contributed by atoms with Crippen molar-refractivity contribution in [3.8, 4) is 0 Å². The number of halogens is 1. The van der Waals surface area contributed by atoms with Crippen molar-refractivity contribution in [2.45, 2.75) is 19.4 Å². The van der Waals surface area contributed by atoms with Gasteiger partial charge in [-0.2, -0.15) is 0 Å². The van der Waals surface area contributed by atoms with Gasteiger partial charge in [-0.1, -0.05) is 0 Å². The van der Waals surface area contributed by atoms with Gasteiger partial charge in [-0.25, -0.2) is 0 Å².